The maximum atomic E-state index is 12.2. The zero-order chi connectivity index (χ0) is 27.5. The molecule has 0 unspecified atom stereocenters. The molecule has 4 aromatic rings. The number of fused-ring (bicyclic) bond motifs is 3. The molecule has 2 fully saturated rings. The number of morpholine rings is 1. The summed E-state index contributed by atoms with van der Waals surface area (Å²) in [6.07, 6.45) is 7.24. The molecule has 0 radical (unpaired) electrons. The molecule has 208 valence electrons. The maximum absolute atomic E-state index is 12.2. The Labute approximate surface area is 232 Å². The van der Waals surface area contributed by atoms with Gasteiger partial charge in [-0.3, -0.25) is 9.78 Å². The van der Waals surface area contributed by atoms with Gasteiger partial charge in [-0.25, -0.2) is 9.50 Å². The molecule has 3 atom stereocenters. The number of anilines is 2. The quantitative estimate of drug-likeness (QED) is 0.273. The number of rotatable bonds is 9. The van der Waals surface area contributed by atoms with Crippen LogP contribution < -0.4 is 20.7 Å². The van der Waals surface area contributed by atoms with Gasteiger partial charge in [0.05, 0.1) is 37.1 Å². The van der Waals surface area contributed by atoms with Crippen molar-refractivity contribution in [1.29, 1.82) is 0 Å². The number of ether oxygens (including phenoxy) is 3. The first-order valence-electron chi connectivity index (χ1n) is 13.5. The lowest BCUT2D eigenvalue weighted by molar-refractivity contribution is -0.0122. The molecule has 40 heavy (non-hydrogen) atoms. The van der Waals surface area contributed by atoms with Gasteiger partial charge in [-0.05, 0) is 42.8 Å². The van der Waals surface area contributed by atoms with E-state index >= 15 is 0 Å². The Morgan fingerprint density at radius 2 is 1.95 bits per heavy atom. The van der Waals surface area contributed by atoms with Gasteiger partial charge in [0, 0.05) is 68.3 Å². The van der Waals surface area contributed by atoms with E-state index in [0.29, 0.717) is 42.4 Å². The largest absolute Gasteiger partial charge is 0.488 e. The number of piperidine rings is 1. The van der Waals surface area contributed by atoms with Crippen molar-refractivity contribution in [3.8, 4) is 16.9 Å². The lowest BCUT2D eigenvalue weighted by atomic mass is 9.94. The molecule has 0 aromatic carbocycles. The Bertz CT molecular complexity index is 1480. The van der Waals surface area contributed by atoms with Gasteiger partial charge in [-0.2, -0.15) is 5.10 Å². The van der Waals surface area contributed by atoms with Crippen molar-refractivity contribution in [3.63, 3.8) is 0 Å². The molecular weight excluding hydrogens is 510 g/mol. The molecule has 6 rings (SSSR count). The number of hydrogen-bond acceptors (Lipinski definition) is 9. The molecule has 2 aliphatic heterocycles. The second-order valence-corrected chi connectivity index (χ2v) is 10.3. The summed E-state index contributed by atoms with van der Waals surface area (Å²) >= 11 is 0. The monoisotopic (exact) mass is 543 g/mol. The topological polar surface area (TPSA) is 124 Å². The number of nitrogens with zero attached hydrogens (tertiary/aromatic N) is 4. The van der Waals surface area contributed by atoms with Gasteiger partial charge < -0.3 is 30.2 Å². The fourth-order valence-corrected chi connectivity index (χ4v) is 5.25. The predicted molar refractivity (Wildman–Crippen MR) is 150 cm³/mol. The fourth-order valence-electron chi connectivity index (χ4n) is 5.25. The lowest BCUT2D eigenvalue weighted by Gasteiger charge is -2.40. The Balaban J connectivity index is 1.18. The molecule has 3 N–H and O–H groups in total. The highest BCUT2D eigenvalue weighted by atomic mass is 16.5. The summed E-state index contributed by atoms with van der Waals surface area (Å²) in [4.78, 5) is 21.1. The Morgan fingerprint density at radius 3 is 2.73 bits per heavy atom. The van der Waals surface area contributed by atoms with Crippen LogP contribution in [0.2, 0.25) is 0 Å². The number of aromatic nitrogens is 4. The van der Waals surface area contributed by atoms with E-state index in [1.165, 1.54) is 6.20 Å². The molecule has 2 aliphatic rings. The molecule has 2 bridgehead atoms. The summed E-state index contributed by atoms with van der Waals surface area (Å²) in [5.74, 6) is 1.83. The minimum Gasteiger partial charge on any atom is -0.488 e. The number of carbonyl (C=O) groups excluding carboxylic acids is 1. The van der Waals surface area contributed by atoms with Crippen molar-refractivity contribution >= 4 is 23.1 Å². The van der Waals surface area contributed by atoms with Crippen LogP contribution in [0.1, 0.15) is 28.9 Å². The van der Waals surface area contributed by atoms with E-state index in [4.69, 9.17) is 14.2 Å². The normalized spacial score (nSPS) is 20.3. The molecule has 0 saturated carbocycles. The highest BCUT2D eigenvalue weighted by molar-refractivity contribution is 5.94. The zero-order valence-corrected chi connectivity index (χ0v) is 22.6. The molecule has 0 spiro atoms. The Morgan fingerprint density at radius 1 is 1.10 bits per heavy atom. The van der Waals surface area contributed by atoms with Crippen LogP contribution in [0.5, 0.6) is 5.75 Å². The molecule has 2 saturated heterocycles. The summed E-state index contributed by atoms with van der Waals surface area (Å²) in [7, 11) is 1.59. The summed E-state index contributed by atoms with van der Waals surface area (Å²) in [6.45, 7) is 4.35. The number of aryl methyl sites for hydroxylation is 1. The van der Waals surface area contributed by atoms with Gasteiger partial charge >= 0.3 is 0 Å². The van der Waals surface area contributed by atoms with Crippen LogP contribution in [-0.2, 0) is 9.47 Å². The van der Waals surface area contributed by atoms with Crippen LogP contribution in [0, 0.1) is 6.92 Å². The third-order valence-corrected chi connectivity index (χ3v) is 7.15. The van der Waals surface area contributed by atoms with E-state index in [1.807, 2.05) is 36.0 Å². The van der Waals surface area contributed by atoms with Crippen molar-refractivity contribution < 1.29 is 19.0 Å². The SMILES string of the molecule is COCCNC(=O)c1ccc(Nc2cc3cc(-c4cc(C)ncc4O[C@H]4C[C@H]5COC[C@@H](C4)N5)ccn3n2)nc1. The number of carbonyl (C=O) groups is 1. The molecule has 6 heterocycles. The average Bonchev–Trinajstić information content (AvgIpc) is 3.36. The van der Waals surface area contributed by atoms with Crippen molar-refractivity contribution in [3.05, 3.63) is 66.2 Å². The van der Waals surface area contributed by atoms with Crippen molar-refractivity contribution in [2.45, 2.75) is 38.0 Å². The smallest absolute Gasteiger partial charge is 0.252 e. The van der Waals surface area contributed by atoms with Gasteiger partial charge in [-0.15, -0.1) is 0 Å². The van der Waals surface area contributed by atoms with Gasteiger partial charge in [0.15, 0.2) is 5.82 Å². The third-order valence-electron chi connectivity index (χ3n) is 7.15. The fraction of sp³-hybridized carbons (Fsp3) is 0.379. The first-order chi connectivity index (χ1) is 19.5. The van der Waals surface area contributed by atoms with E-state index in [2.05, 4.69) is 43.1 Å². The molecule has 4 aromatic heterocycles. The summed E-state index contributed by atoms with van der Waals surface area (Å²) in [5, 5.41) is 14.2. The van der Waals surface area contributed by atoms with Crippen LogP contribution >= 0.6 is 0 Å². The molecule has 11 heteroatoms. The minimum atomic E-state index is -0.192. The van der Waals surface area contributed by atoms with E-state index in [9.17, 15) is 4.79 Å². The molecule has 11 nitrogen and oxygen atoms in total. The van der Waals surface area contributed by atoms with Gasteiger partial charge in [-0.1, -0.05) is 0 Å². The van der Waals surface area contributed by atoms with Crippen LogP contribution in [0.3, 0.4) is 0 Å². The first kappa shape index (κ1) is 26.2. The number of methoxy groups -OCH3 is 1. The lowest BCUT2D eigenvalue weighted by Crippen LogP contribution is -2.56. The Kier molecular flexibility index (Phi) is 7.58. The minimum absolute atomic E-state index is 0.119. The summed E-state index contributed by atoms with van der Waals surface area (Å²) in [5.41, 5.74) is 4.36. The molecule has 1 amide bonds. The van der Waals surface area contributed by atoms with E-state index in [1.54, 1.807) is 19.2 Å². The molecular formula is C29H33N7O4. The number of amides is 1. The molecule has 0 aliphatic carbocycles. The van der Waals surface area contributed by atoms with Crippen molar-refractivity contribution in [2.75, 3.05) is 38.8 Å². The van der Waals surface area contributed by atoms with Crippen LogP contribution in [0.25, 0.3) is 16.6 Å². The van der Waals surface area contributed by atoms with Gasteiger partial charge in [0.1, 0.15) is 17.7 Å². The highest BCUT2D eigenvalue weighted by Gasteiger charge is 2.33. The van der Waals surface area contributed by atoms with Crippen LogP contribution in [0.15, 0.2) is 55.0 Å². The number of pyridine rings is 3. The maximum Gasteiger partial charge on any atom is 0.252 e. The second kappa shape index (κ2) is 11.6. The van der Waals surface area contributed by atoms with E-state index in [0.717, 1.165) is 54.1 Å². The first-order valence-corrected chi connectivity index (χ1v) is 13.5. The highest BCUT2D eigenvalue weighted by Crippen LogP contribution is 2.34. The second-order valence-electron chi connectivity index (χ2n) is 10.3. The van der Waals surface area contributed by atoms with Crippen molar-refractivity contribution in [1.82, 2.24) is 30.2 Å². The van der Waals surface area contributed by atoms with Gasteiger partial charge in [0.2, 0.25) is 0 Å². The van der Waals surface area contributed by atoms with Crippen molar-refractivity contribution in [2.24, 2.45) is 0 Å². The number of nitrogens with one attached hydrogen (secondary N) is 3. The summed E-state index contributed by atoms with van der Waals surface area (Å²) < 4.78 is 19.0. The third kappa shape index (κ3) is 5.91. The number of hydrogen-bond donors (Lipinski definition) is 3. The van der Waals surface area contributed by atoms with E-state index in [-0.39, 0.29) is 12.0 Å². The predicted octanol–water partition coefficient (Wildman–Crippen LogP) is 3.12. The standard InChI is InChI=1S/C29H33N7O4/c1-18-9-25(26(15-31-18)40-24-11-21-16-39-17-22(12-24)33-21)19-5-7-36-23(10-19)13-28(35-36)34-27-4-3-20(14-32-27)29(37)30-6-8-38-2/h3-5,7,9-10,13-15,21-22,24,33H,6,8,11-12,16-17H2,1-2H3,(H,30,37)(H,32,34,35)/t21-,22+,24-. The van der Waals surface area contributed by atoms with Crippen LogP contribution in [0.4, 0.5) is 11.6 Å². The zero-order valence-electron chi connectivity index (χ0n) is 22.6. The average molecular weight is 544 g/mol. The summed E-state index contributed by atoms with van der Waals surface area (Å²) in [6, 6.07) is 12.3. The van der Waals surface area contributed by atoms with Gasteiger partial charge in [0.25, 0.3) is 5.91 Å². The Hall–Kier alpha value is -4.06. The van der Waals surface area contributed by atoms with E-state index < -0.39 is 0 Å². The van der Waals surface area contributed by atoms with Crippen LogP contribution in [-0.4, -0.2) is 77.2 Å².